The Morgan fingerprint density at radius 3 is 2.65 bits per heavy atom. The van der Waals surface area contributed by atoms with E-state index < -0.39 is 11.6 Å². The van der Waals surface area contributed by atoms with E-state index in [1.165, 1.54) is 24.3 Å². The van der Waals surface area contributed by atoms with Gasteiger partial charge in [-0.15, -0.1) is 0 Å². The van der Waals surface area contributed by atoms with E-state index in [9.17, 15) is 18.7 Å². The second kappa shape index (κ2) is 7.85. The summed E-state index contributed by atoms with van der Waals surface area (Å²) in [7, 11) is 0. The fourth-order valence-corrected chi connectivity index (χ4v) is 3.53. The second-order valence-corrected chi connectivity index (χ2v) is 7.00. The molecule has 2 aromatic rings. The van der Waals surface area contributed by atoms with Crippen molar-refractivity contribution in [2.45, 2.75) is 32.6 Å². The number of benzene rings is 2. The van der Waals surface area contributed by atoms with Crippen LogP contribution in [0.25, 0.3) is 0 Å². The molecular weight excluding hydrogens is 336 g/mol. The number of phenols is 1. The van der Waals surface area contributed by atoms with E-state index in [0.717, 1.165) is 18.4 Å². The number of halogens is 2. The lowest BCUT2D eigenvalue weighted by Crippen LogP contribution is -2.40. The molecule has 3 rings (SSSR count). The Kier molecular flexibility index (Phi) is 5.55. The quantitative estimate of drug-likeness (QED) is 0.875. The molecule has 0 spiro atoms. The summed E-state index contributed by atoms with van der Waals surface area (Å²) in [6.45, 7) is 3.02. The molecule has 1 unspecified atom stereocenters. The number of phenolic OH excluding ortho intramolecular Hbond substituents is 1. The van der Waals surface area contributed by atoms with Gasteiger partial charge < -0.3 is 10.0 Å². The van der Waals surface area contributed by atoms with Gasteiger partial charge in [0.05, 0.1) is 0 Å². The molecule has 1 saturated heterocycles. The third-order valence-corrected chi connectivity index (χ3v) is 5.13. The highest BCUT2D eigenvalue weighted by molar-refractivity contribution is 5.94. The van der Waals surface area contributed by atoms with Gasteiger partial charge in [-0.1, -0.05) is 12.1 Å². The van der Waals surface area contributed by atoms with Crippen molar-refractivity contribution in [3.63, 3.8) is 0 Å². The third-order valence-electron chi connectivity index (χ3n) is 5.13. The molecule has 0 bridgehead atoms. The van der Waals surface area contributed by atoms with Crippen LogP contribution < -0.4 is 0 Å². The highest BCUT2D eigenvalue weighted by Gasteiger charge is 2.25. The predicted molar refractivity (Wildman–Crippen MR) is 96.2 cm³/mol. The number of hydrogen-bond acceptors (Lipinski definition) is 2. The van der Waals surface area contributed by atoms with Gasteiger partial charge in [0.25, 0.3) is 5.91 Å². The molecule has 5 heteroatoms. The van der Waals surface area contributed by atoms with Gasteiger partial charge in [-0.2, -0.15) is 0 Å². The SMILES string of the molecule is Cc1ccc(C(=O)N2CCCC(CCc3c(F)cccc3F)C2)cc1O. The Morgan fingerprint density at radius 1 is 1.23 bits per heavy atom. The van der Waals surface area contributed by atoms with E-state index in [1.54, 1.807) is 24.0 Å². The van der Waals surface area contributed by atoms with Crippen LogP contribution in [0.3, 0.4) is 0 Å². The highest BCUT2D eigenvalue weighted by Crippen LogP contribution is 2.25. The first-order chi connectivity index (χ1) is 12.5. The number of rotatable bonds is 4. The molecule has 1 N–H and O–H groups in total. The summed E-state index contributed by atoms with van der Waals surface area (Å²) < 4.78 is 27.5. The fourth-order valence-electron chi connectivity index (χ4n) is 3.53. The van der Waals surface area contributed by atoms with Crippen LogP contribution in [0.15, 0.2) is 36.4 Å². The van der Waals surface area contributed by atoms with Crippen LogP contribution in [0, 0.1) is 24.5 Å². The minimum atomic E-state index is -0.510. The standard InChI is InChI=1S/C21H23F2NO2/c1-14-7-9-16(12-20(14)25)21(26)24-11-3-4-15(13-24)8-10-17-18(22)5-2-6-19(17)23/h2,5-7,9,12,15,25H,3-4,8,10-11,13H2,1H3. The molecule has 3 nitrogen and oxygen atoms in total. The van der Waals surface area contributed by atoms with Gasteiger partial charge >= 0.3 is 0 Å². The Balaban J connectivity index is 1.63. The van der Waals surface area contributed by atoms with Crippen molar-refractivity contribution in [1.29, 1.82) is 0 Å². The van der Waals surface area contributed by atoms with E-state index >= 15 is 0 Å². The van der Waals surface area contributed by atoms with Gasteiger partial charge in [0, 0.05) is 24.2 Å². The molecule has 0 saturated carbocycles. The molecule has 0 radical (unpaired) electrons. The van der Waals surface area contributed by atoms with Gasteiger partial charge in [0.15, 0.2) is 0 Å². The van der Waals surface area contributed by atoms with Crippen molar-refractivity contribution in [1.82, 2.24) is 4.90 Å². The number of amides is 1. The Morgan fingerprint density at radius 2 is 1.96 bits per heavy atom. The molecule has 1 atom stereocenters. The van der Waals surface area contributed by atoms with Crippen molar-refractivity contribution in [3.05, 3.63) is 64.7 Å². The average Bonchev–Trinajstić information content (AvgIpc) is 2.63. The van der Waals surface area contributed by atoms with E-state index in [4.69, 9.17) is 0 Å². The molecule has 138 valence electrons. The van der Waals surface area contributed by atoms with Crippen LogP contribution in [0.1, 0.15) is 40.7 Å². The molecular formula is C21H23F2NO2. The lowest BCUT2D eigenvalue weighted by atomic mass is 9.91. The zero-order valence-corrected chi connectivity index (χ0v) is 14.8. The molecule has 26 heavy (non-hydrogen) atoms. The van der Waals surface area contributed by atoms with Gasteiger partial charge in [0.2, 0.25) is 0 Å². The first-order valence-corrected chi connectivity index (χ1v) is 8.97. The second-order valence-electron chi connectivity index (χ2n) is 7.00. The molecule has 1 aliphatic heterocycles. The van der Waals surface area contributed by atoms with Crippen molar-refractivity contribution >= 4 is 5.91 Å². The van der Waals surface area contributed by atoms with Crippen molar-refractivity contribution in [2.24, 2.45) is 5.92 Å². The number of nitrogens with zero attached hydrogens (tertiary/aromatic N) is 1. The minimum absolute atomic E-state index is 0.109. The maximum Gasteiger partial charge on any atom is 0.253 e. The lowest BCUT2D eigenvalue weighted by Gasteiger charge is -2.33. The molecule has 1 aliphatic rings. The Labute approximate surface area is 152 Å². The van der Waals surface area contributed by atoms with Crippen molar-refractivity contribution < 1.29 is 18.7 Å². The van der Waals surface area contributed by atoms with Crippen molar-refractivity contribution in [3.8, 4) is 5.75 Å². The van der Waals surface area contributed by atoms with Gasteiger partial charge in [-0.05, 0) is 68.4 Å². The Bertz CT molecular complexity index is 786. The fraction of sp³-hybridized carbons (Fsp3) is 0.381. The Hall–Kier alpha value is -2.43. The number of aryl methyl sites for hydroxylation is 1. The minimum Gasteiger partial charge on any atom is -0.508 e. The zero-order chi connectivity index (χ0) is 18.7. The average molecular weight is 359 g/mol. The first kappa shape index (κ1) is 18.4. The normalized spacial score (nSPS) is 17.3. The van der Waals surface area contributed by atoms with Crippen LogP contribution in [-0.4, -0.2) is 29.0 Å². The van der Waals surface area contributed by atoms with Crippen LogP contribution in [0.4, 0.5) is 8.78 Å². The molecule has 2 aromatic carbocycles. The predicted octanol–water partition coefficient (Wildman–Crippen LogP) is 4.46. The third kappa shape index (κ3) is 4.03. The summed E-state index contributed by atoms with van der Waals surface area (Å²) in [5, 5.41) is 9.82. The van der Waals surface area contributed by atoms with Crippen LogP contribution in [0.2, 0.25) is 0 Å². The number of likely N-dealkylation sites (tertiary alicyclic amines) is 1. The van der Waals surface area contributed by atoms with E-state index in [0.29, 0.717) is 31.5 Å². The van der Waals surface area contributed by atoms with Gasteiger partial charge in [0.1, 0.15) is 17.4 Å². The van der Waals surface area contributed by atoms with E-state index in [-0.39, 0.29) is 23.1 Å². The van der Waals surface area contributed by atoms with Crippen LogP contribution in [0.5, 0.6) is 5.75 Å². The summed E-state index contributed by atoms with van der Waals surface area (Å²) in [4.78, 5) is 14.5. The summed E-state index contributed by atoms with van der Waals surface area (Å²) >= 11 is 0. The number of aromatic hydroxyl groups is 1. The summed E-state index contributed by atoms with van der Waals surface area (Å²) in [5.41, 5.74) is 1.32. The molecule has 0 aromatic heterocycles. The van der Waals surface area contributed by atoms with Gasteiger partial charge in [-0.3, -0.25) is 4.79 Å². The monoisotopic (exact) mass is 359 g/mol. The first-order valence-electron chi connectivity index (χ1n) is 8.97. The maximum atomic E-state index is 13.8. The topological polar surface area (TPSA) is 40.5 Å². The summed E-state index contributed by atoms with van der Waals surface area (Å²) in [6, 6.07) is 8.86. The van der Waals surface area contributed by atoms with Gasteiger partial charge in [-0.25, -0.2) is 8.78 Å². The molecule has 0 aliphatic carbocycles. The summed E-state index contributed by atoms with van der Waals surface area (Å²) in [6.07, 6.45) is 2.78. The molecule has 1 fully saturated rings. The lowest BCUT2D eigenvalue weighted by molar-refractivity contribution is 0.0667. The number of carbonyl (C=O) groups is 1. The van der Waals surface area contributed by atoms with Crippen LogP contribution >= 0.6 is 0 Å². The van der Waals surface area contributed by atoms with Crippen LogP contribution in [-0.2, 0) is 6.42 Å². The van der Waals surface area contributed by atoms with Crippen molar-refractivity contribution in [2.75, 3.05) is 13.1 Å². The number of carbonyl (C=O) groups excluding carboxylic acids is 1. The number of hydrogen-bond donors (Lipinski definition) is 1. The smallest absolute Gasteiger partial charge is 0.253 e. The number of piperidine rings is 1. The van der Waals surface area contributed by atoms with E-state index in [1.807, 2.05) is 0 Å². The zero-order valence-electron chi connectivity index (χ0n) is 14.8. The highest BCUT2D eigenvalue weighted by atomic mass is 19.1. The maximum absolute atomic E-state index is 13.8. The molecule has 1 amide bonds. The van der Waals surface area contributed by atoms with E-state index in [2.05, 4.69) is 0 Å². The molecule has 1 heterocycles. The largest absolute Gasteiger partial charge is 0.508 e. The summed E-state index contributed by atoms with van der Waals surface area (Å²) in [5.74, 6) is -0.806.